The molecule has 0 aliphatic carbocycles. The Morgan fingerprint density at radius 3 is 2.24 bits per heavy atom. The van der Waals surface area contributed by atoms with Crippen molar-refractivity contribution in [3.8, 4) is 17.2 Å². The molecule has 138 valence electrons. The summed E-state index contributed by atoms with van der Waals surface area (Å²) in [5.74, 6) is -2.59. The van der Waals surface area contributed by atoms with Crippen LogP contribution in [0.5, 0.6) is 17.2 Å². The predicted molar refractivity (Wildman–Crippen MR) is 88.6 cm³/mol. The van der Waals surface area contributed by atoms with Crippen LogP contribution in [0.4, 0.5) is 0 Å². The Morgan fingerprint density at radius 1 is 1.12 bits per heavy atom. The summed E-state index contributed by atoms with van der Waals surface area (Å²) >= 11 is 0. The standard InChI is InChI=1S/C18H24O7/c1-5-7-11-12(9-13(22-3)16(21)17(11)23-4)18(8-6-2)24-14(19)10-15(20)25-18/h9,21H,5-8,10H2,1-4H3. The van der Waals surface area contributed by atoms with E-state index in [-0.39, 0.29) is 23.7 Å². The minimum absolute atomic E-state index is 0.141. The molecule has 0 bridgehead atoms. The highest BCUT2D eigenvalue weighted by atomic mass is 16.7. The van der Waals surface area contributed by atoms with Crippen molar-refractivity contribution < 1.29 is 33.6 Å². The van der Waals surface area contributed by atoms with Gasteiger partial charge in [-0.05, 0) is 18.9 Å². The van der Waals surface area contributed by atoms with Crippen LogP contribution >= 0.6 is 0 Å². The Bertz CT molecular complexity index is 650. The van der Waals surface area contributed by atoms with Crippen molar-refractivity contribution in [1.82, 2.24) is 0 Å². The summed E-state index contributed by atoms with van der Waals surface area (Å²) in [6.45, 7) is 3.86. The average molecular weight is 352 g/mol. The van der Waals surface area contributed by atoms with Gasteiger partial charge in [0.25, 0.3) is 5.79 Å². The van der Waals surface area contributed by atoms with Gasteiger partial charge in [-0.2, -0.15) is 0 Å². The van der Waals surface area contributed by atoms with Crippen LogP contribution in [0.25, 0.3) is 0 Å². The monoisotopic (exact) mass is 352 g/mol. The summed E-state index contributed by atoms with van der Waals surface area (Å²) in [6, 6.07) is 1.55. The number of carbonyl (C=O) groups is 2. The fourth-order valence-corrected chi connectivity index (χ4v) is 3.13. The van der Waals surface area contributed by atoms with E-state index >= 15 is 0 Å². The van der Waals surface area contributed by atoms with E-state index in [9.17, 15) is 14.7 Å². The SMILES string of the molecule is CCCc1c(C2(CCC)OC(=O)CC(=O)O2)cc(OC)c(O)c1OC. The van der Waals surface area contributed by atoms with Gasteiger partial charge < -0.3 is 24.1 Å². The van der Waals surface area contributed by atoms with Crippen molar-refractivity contribution in [1.29, 1.82) is 0 Å². The van der Waals surface area contributed by atoms with Gasteiger partial charge in [-0.3, -0.25) is 9.59 Å². The molecule has 1 aliphatic heterocycles. The second-order valence-electron chi connectivity index (χ2n) is 5.86. The number of aromatic hydroxyl groups is 1. The van der Waals surface area contributed by atoms with Crippen LogP contribution in [-0.2, 0) is 31.3 Å². The molecule has 0 amide bonds. The number of hydrogen-bond donors (Lipinski definition) is 1. The molecule has 1 aromatic rings. The van der Waals surface area contributed by atoms with Crippen molar-refractivity contribution in [2.24, 2.45) is 0 Å². The third-order valence-electron chi connectivity index (χ3n) is 4.08. The van der Waals surface area contributed by atoms with Gasteiger partial charge in [-0.15, -0.1) is 0 Å². The highest BCUT2D eigenvalue weighted by molar-refractivity contribution is 5.93. The van der Waals surface area contributed by atoms with Crippen LogP contribution in [0.2, 0.25) is 0 Å². The molecule has 1 saturated heterocycles. The molecule has 7 nitrogen and oxygen atoms in total. The third kappa shape index (κ3) is 3.50. The zero-order chi connectivity index (χ0) is 18.6. The van der Waals surface area contributed by atoms with E-state index in [1.54, 1.807) is 6.07 Å². The molecule has 0 spiro atoms. The minimum Gasteiger partial charge on any atom is -0.502 e. The van der Waals surface area contributed by atoms with E-state index in [0.717, 1.165) is 6.42 Å². The number of benzene rings is 1. The molecular weight excluding hydrogens is 328 g/mol. The Hall–Kier alpha value is -2.44. The first-order chi connectivity index (χ1) is 11.9. The Labute approximate surface area is 146 Å². The number of esters is 2. The molecule has 25 heavy (non-hydrogen) atoms. The number of cyclic esters (lactones) is 2. The second kappa shape index (κ2) is 7.63. The molecule has 0 atom stereocenters. The Kier molecular flexibility index (Phi) is 5.77. The Balaban J connectivity index is 2.75. The van der Waals surface area contributed by atoms with Crippen molar-refractivity contribution in [3.05, 3.63) is 17.2 Å². The van der Waals surface area contributed by atoms with Gasteiger partial charge in [0.2, 0.25) is 5.75 Å². The number of phenols is 1. The number of phenolic OH excluding ortho intramolecular Hbond substituents is 1. The number of methoxy groups -OCH3 is 2. The molecule has 1 fully saturated rings. The van der Waals surface area contributed by atoms with Crippen LogP contribution in [-0.4, -0.2) is 31.3 Å². The quantitative estimate of drug-likeness (QED) is 0.596. The molecule has 1 N–H and O–H groups in total. The highest BCUT2D eigenvalue weighted by Crippen LogP contribution is 2.48. The first kappa shape index (κ1) is 18.9. The topological polar surface area (TPSA) is 91.3 Å². The average Bonchev–Trinajstić information content (AvgIpc) is 2.54. The molecule has 2 rings (SSSR count). The molecule has 7 heteroatoms. The van der Waals surface area contributed by atoms with Crippen LogP contribution in [0.1, 0.15) is 50.7 Å². The lowest BCUT2D eigenvalue weighted by Gasteiger charge is -2.37. The van der Waals surface area contributed by atoms with E-state index < -0.39 is 24.1 Å². The molecule has 0 unspecified atom stereocenters. The van der Waals surface area contributed by atoms with E-state index in [1.165, 1.54) is 14.2 Å². The van der Waals surface area contributed by atoms with E-state index in [2.05, 4.69) is 0 Å². The van der Waals surface area contributed by atoms with Crippen molar-refractivity contribution in [3.63, 3.8) is 0 Å². The molecule has 1 heterocycles. The molecular formula is C18H24O7. The predicted octanol–water partition coefficient (Wildman–Crippen LogP) is 2.80. The smallest absolute Gasteiger partial charge is 0.320 e. The van der Waals surface area contributed by atoms with E-state index in [1.807, 2.05) is 13.8 Å². The first-order valence-corrected chi connectivity index (χ1v) is 8.33. The summed E-state index contributed by atoms with van der Waals surface area (Å²) in [5, 5.41) is 10.4. The third-order valence-corrected chi connectivity index (χ3v) is 4.08. The van der Waals surface area contributed by atoms with Gasteiger partial charge in [-0.25, -0.2) is 0 Å². The van der Waals surface area contributed by atoms with Gasteiger partial charge in [0, 0.05) is 17.5 Å². The summed E-state index contributed by atoms with van der Waals surface area (Å²) in [7, 11) is 2.84. The van der Waals surface area contributed by atoms with Gasteiger partial charge in [0.05, 0.1) is 14.2 Å². The lowest BCUT2D eigenvalue weighted by Crippen LogP contribution is -2.43. The minimum atomic E-state index is -1.54. The number of carbonyl (C=O) groups excluding carboxylic acids is 2. The van der Waals surface area contributed by atoms with Crippen molar-refractivity contribution >= 4 is 11.9 Å². The fraction of sp³-hybridized carbons (Fsp3) is 0.556. The lowest BCUT2D eigenvalue weighted by molar-refractivity contribution is -0.252. The van der Waals surface area contributed by atoms with Crippen LogP contribution in [0.15, 0.2) is 6.07 Å². The molecule has 1 aliphatic rings. The number of ether oxygens (including phenoxy) is 4. The maximum atomic E-state index is 11.9. The van der Waals surface area contributed by atoms with Gasteiger partial charge >= 0.3 is 11.9 Å². The van der Waals surface area contributed by atoms with Crippen LogP contribution in [0.3, 0.4) is 0 Å². The fourth-order valence-electron chi connectivity index (χ4n) is 3.13. The number of hydrogen-bond acceptors (Lipinski definition) is 7. The van der Waals surface area contributed by atoms with Gasteiger partial charge in [-0.1, -0.05) is 20.3 Å². The maximum absolute atomic E-state index is 11.9. The summed E-state index contributed by atoms with van der Waals surface area (Å²) in [5.41, 5.74) is 1.09. The van der Waals surface area contributed by atoms with Gasteiger partial charge in [0.1, 0.15) is 6.42 Å². The molecule has 0 radical (unpaired) electrons. The molecule has 0 saturated carbocycles. The zero-order valence-electron chi connectivity index (χ0n) is 15.0. The van der Waals surface area contributed by atoms with E-state index in [4.69, 9.17) is 18.9 Å². The van der Waals surface area contributed by atoms with Crippen molar-refractivity contribution in [2.45, 2.75) is 51.7 Å². The second-order valence-corrected chi connectivity index (χ2v) is 5.86. The summed E-state index contributed by atoms with van der Waals surface area (Å²) in [6.07, 6.45) is 1.77. The summed E-state index contributed by atoms with van der Waals surface area (Å²) in [4.78, 5) is 23.9. The van der Waals surface area contributed by atoms with Gasteiger partial charge in [0.15, 0.2) is 11.5 Å². The zero-order valence-corrected chi connectivity index (χ0v) is 15.0. The van der Waals surface area contributed by atoms with Crippen LogP contribution in [0, 0.1) is 0 Å². The van der Waals surface area contributed by atoms with E-state index in [0.29, 0.717) is 24.0 Å². The Morgan fingerprint density at radius 2 is 1.76 bits per heavy atom. The normalized spacial score (nSPS) is 16.2. The first-order valence-electron chi connectivity index (χ1n) is 8.33. The molecule has 0 aromatic heterocycles. The van der Waals surface area contributed by atoms with Crippen LogP contribution < -0.4 is 9.47 Å². The van der Waals surface area contributed by atoms with Crippen molar-refractivity contribution in [2.75, 3.05) is 14.2 Å². The largest absolute Gasteiger partial charge is 0.502 e. The summed E-state index contributed by atoms with van der Waals surface area (Å²) < 4.78 is 21.6. The maximum Gasteiger partial charge on any atom is 0.320 e. The highest BCUT2D eigenvalue weighted by Gasteiger charge is 2.47. The molecule has 1 aromatic carbocycles. The lowest BCUT2D eigenvalue weighted by atomic mass is 9.91. The number of rotatable bonds is 7.